The molecule has 0 radical (unpaired) electrons. The number of rotatable bonds is 5. The Hall–Kier alpha value is -1.09. The molecule has 2 aromatic carbocycles. The van der Waals surface area contributed by atoms with Crippen molar-refractivity contribution in [2.75, 3.05) is 5.88 Å². The first-order valence-electron chi connectivity index (χ1n) is 6.33. The molecule has 0 aliphatic carbocycles. The molecule has 4 heteroatoms. The largest absolute Gasteiger partial charge is 0.384 e. The van der Waals surface area contributed by atoms with E-state index in [-0.39, 0.29) is 11.7 Å². The molecule has 0 fully saturated rings. The van der Waals surface area contributed by atoms with Crippen molar-refractivity contribution in [3.63, 3.8) is 0 Å². The van der Waals surface area contributed by atoms with Crippen LogP contribution in [-0.4, -0.2) is 11.0 Å². The van der Waals surface area contributed by atoms with Gasteiger partial charge in [0.15, 0.2) is 0 Å². The molecule has 0 saturated carbocycles. The van der Waals surface area contributed by atoms with Gasteiger partial charge in [-0.25, -0.2) is 4.39 Å². The second-order valence-corrected chi connectivity index (χ2v) is 5.44. The summed E-state index contributed by atoms with van der Waals surface area (Å²) in [5.41, 5.74) is 0.384. The van der Waals surface area contributed by atoms with Gasteiger partial charge in [0.2, 0.25) is 0 Å². The van der Waals surface area contributed by atoms with Crippen molar-refractivity contribution in [3.8, 4) is 0 Å². The van der Waals surface area contributed by atoms with Crippen LogP contribution in [0.5, 0.6) is 0 Å². The lowest BCUT2D eigenvalue weighted by atomic mass is 9.89. The third kappa shape index (κ3) is 3.51. The Morgan fingerprint density at radius 2 is 1.70 bits per heavy atom. The molecule has 1 atom stereocenters. The van der Waals surface area contributed by atoms with Crippen molar-refractivity contribution in [1.82, 2.24) is 0 Å². The van der Waals surface area contributed by atoms with Gasteiger partial charge in [-0.1, -0.05) is 41.9 Å². The summed E-state index contributed by atoms with van der Waals surface area (Å²) in [5, 5.41) is 11.3. The second-order valence-electron chi connectivity index (χ2n) is 4.76. The molecule has 1 nitrogen and oxygen atoms in total. The fourth-order valence-electron chi connectivity index (χ4n) is 2.09. The van der Waals surface area contributed by atoms with Crippen LogP contribution >= 0.6 is 23.2 Å². The third-order valence-corrected chi connectivity index (χ3v) is 4.18. The van der Waals surface area contributed by atoms with Crippen LogP contribution in [0, 0.1) is 5.82 Å². The molecule has 2 aromatic rings. The van der Waals surface area contributed by atoms with E-state index in [2.05, 4.69) is 0 Å². The first-order chi connectivity index (χ1) is 9.55. The van der Waals surface area contributed by atoms with Crippen LogP contribution in [0.15, 0.2) is 48.5 Å². The molecule has 0 spiro atoms. The zero-order valence-corrected chi connectivity index (χ0v) is 12.3. The number of hydrogen-bond donors (Lipinski definition) is 1. The molecular formula is C16H15Cl2FO. The number of halogens is 3. The van der Waals surface area contributed by atoms with E-state index in [1.807, 2.05) is 24.3 Å². The summed E-state index contributed by atoms with van der Waals surface area (Å²) in [5.74, 6) is -0.292. The highest BCUT2D eigenvalue weighted by Gasteiger charge is 2.28. The second kappa shape index (κ2) is 6.57. The van der Waals surface area contributed by atoms with Gasteiger partial charge < -0.3 is 5.11 Å². The number of benzene rings is 2. The van der Waals surface area contributed by atoms with Crippen LogP contribution in [0.1, 0.15) is 17.5 Å². The maximum absolute atomic E-state index is 13.0. The van der Waals surface area contributed by atoms with Gasteiger partial charge in [-0.3, -0.25) is 0 Å². The highest BCUT2D eigenvalue weighted by molar-refractivity contribution is 6.31. The van der Waals surface area contributed by atoms with Crippen molar-refractivity contribution in [2.24, 2.45) is 0 Å². The van der Waals surface area contributed by atoms with Crippen LogP contribution in [-0.2, 0) is 12.0 Å². The molecule has 0 bridgehead atoms. The van der Waals surface area contributed by atoms with Crippen molar-refractivity contribution in [1.29, 1.82) is 0 Å². The highest BCUT2D eigenvalue weighted by atomic mass is 35.5. The van der Waals surface area contributed by atoms with Gasteiger partial charge in [0.1, 0.15) is 11.4 Å². The average Bonchev–Trinajstić information content (AvgIpc) is 2.47. The van der Waals surface area contributed by atoms with Crippen LogP contribution in [0.2, 0.25) is 5.02 Å². The quantitative estimate of drug-likeness (QED) is 0.804. The average molecular weight is 313 g/mol. The van der Waals surface area contributed by atoms with E-state index >= 15 is 0 Å². The Morgan fingerprint density at radius 3 is 2.30 bits per heavy atom. The maximum atomic E-state index is 13.0. The van der Waals surface area contributed by atoms with Crippen LogP contribution < -0.4 is 0 Å². The van der Waals surface area contributed by atoms with E-state index in [0.29, 0.717) is 23.4 Å². The Bertz CT molecular complexity index is 571. The standard InChI is InChI=1S/C16H15Cl2FO/c17-11-16(20,13-5-7-14(19)8-6-13)10-9-12-3-1-2-4-15(12)18/h1-8,20H,9-11H2. The molecule has 0 aliphatic rings. The molecule has 0 aromatic heterocycles. The molecular weight excluding hydrogens is 298 g/mol. The minimum absolute atomic E-state index is 0.0447. The topological polar surface area (TPSA) is 20.2 Å². The lowest BCUT2D eigenvalue weighted by Gasteiger charge is -2.26. The fraction of sp³-hybridized carbons (Fsp3) is 0.250. The fourth-order valence-corrected chi connectivity index (χ4v) is 2.61. The Labute approximate surface area is 128 Å². The van der Waals surface area contributed by atoms with Crippen LogP contribution in [0.3, 0.4) is 0 Å². The SMILES string of the molecule is OC(CCl)(CCc1ccccc1Cl)c1ccc(F)cc1. The van der Waals surface area contributed by atoms with E-state index in [0.717, 1.165) is 5.56 Å². The molecule has 1 unspecified atom stereocenters. The third-order valence-electron chi connectivity index (χ3n) is 3.37. The Balaban J connectivity index is 2.16. The summed E-state index contributed by atoms with van der Waals surface area (Å²) in [6.45, 7) is 0. The van der Waals surface area contributed by atoms with Crippen LogP contribution in [0.4, 0.5) is 4.39 Å². The predicted octanol–water partition coefficient (Wildman–Crippen LogP) is 4.54. The lowest BCUT2D eigenvalue weighted by molar-refractivity contribution is 0.0518. The predicted molar refractivity (Wildman–Crippen MR) is 80.8 cm³/mol. The number of alkyl halides is 1. The minimum atomic E-state index is -1.19. The molecule has 0 saturated heterocycles. The van der Waals surface area contributed by atoms with E-state index in [9.17, 15) is 9.50 Å². The van der Waals surface area contributed by atoms with E-state index in [4.69, 9.17) is 23.2 Å². The number of aryl methyl sites for hydroxylation is 1. The van der Waals surface area contributed by atoms with E-state index in [1.54, 1.807) is 12.1 Å². The molecule has 1 N–H and O–H groups in total. The summed E-state index contributed by atoms with van der Waals surface area (Å²) in [6.07, 6.45) is 1.02. The normalized spacial score (nSPS) is 14.0. The molecule has 20 heavy (non-hydrogen) atoms. The van der Waals surface area contributed by atoms with Gasteiger partial charge in [0.05, 0.1) is 5.88 Å². The summed E-state index contributed by atoms with van der Waals surface area (Å²) in [7, 11) is 0. The molecule has 0 aliphatic heterocycles. The molecule has 2 rings (SSSR count). The van der Waals surface area contributed by atoms with Crippen molar-refractivity contribution in [2.45, 2.75) is 18.4 Å². The van der Waals surface area contributed by atoms with Gasteiger partial charge in [0.25, 0.3) is 0 Å². The number of aliphatic hydroxyl groups is 1. The summed E-state index contributed by atoms with van der Waals surface area (Å²) < 4.78 is 13.0. The summed E-state index contributed by atoms with van der Waals surface area (Å²) >= 11 is 12.0. The van der Waals surface area contributed by atoms with Gasteiger partial charge >= 0.3 is 0 Å². The van der Waals surface area contributed by atoms with Gasteiger partial charge in [-0.15, -0.1) is 11.6 Å². The first-order valence-corrected chi connectivity index (χ1v) is 7.24. The first kappa shape index (κ1) is 15.3. The van der Waals surface area contributed by atoms with E-state index < -0.39 is 5.60 Å². The zero-order chi connectivity index (χ0) is 14.6. The highest BCUT2D eigenvalue weighted by Crippen LogP contribution is 2.29. The number of hydrogen-bond acceptors (Lipinski definition) is 1. The molecule has 106 valence electrons. The smallest absolute Gasteiger partial charge is 0.123 e. The summed E-state index contributed by atoms with van der Waals surface area (Å²) in [4.78, 5) is 0. The van der Waals surface area contributed by atoms with Crippen LogP contribution in [0.25, 0.3) is 0 Å². The van der Waals surface area contributed by atoms with Crippen molar-refractivity contribution in [3.05, 3.63) is 70.5 Å². The zero-order valence-electron chi connectivity index (χ0n) is 10.8. The van der Waals surface area contributed by atoms with Gasteiger partial charge in [-0.2, -0.15) is 0 Å². The minimum Gasteiger partial charge on any atom is -0.384 e. The molecule has 0 heterocycles. The lowest BCUT2D eigenvalue weighted by Crippen LogP contribution is -2.28. The monoisotopic (exact) mass is 312 g/mol. The van der Waals surface area contributed by atoms with Crippen molar-refractivity contribution < 1.29 is 9.50 Å². The van der Waals surface area contributed by atoms with E-state index in [1.165, 1.54) is 12.1 Å². The Morgan fingerprint density at radius 1 is 1.05 bits per heavy atom. The maximum Gasteiger partial charge on any atom is 0.123 e. The van der Waals surface area contributed by atoms with Gasteiger partial charge in [0, 0.05) is 5.02 Å². The van der Waals surface area contributed by atoms with Gasteiger partial charge in [-0.05, 0) is 42.2 Å². The Kier molecular flexibility index (Phi) is 5.03. The molecule has 0 amide bonds. The van der Waals surface area contributed by atoms with Crippen molar-refractivity contribution >= 4 is 23.2 Å². The summed E-state index contributed by atoms with van der Waals surface area (Å²) in [6, 6.07) is 13.3.